The maximum atomic E-state index is 12.8. The first-order valence-electron chi connectivity index (χ1n) is 7.33. The van der Waals surface area contributed by atoms with Crippen LogP contribution in [0.1, 0.15) is 27.5 Å². The molecule has 0 aliphatic carbocycles. The first-order valence-corrected chi connectivity index (χ1v) is 8.09. The molecular formula is C18H9Cl2NO5-2. The summed E-state index contributed by atoms with van der Waals surface area (Å²) in [6, 6.07) is 10.7. The summed E-state index contributed by atoms with van der Waals surface area (Å²) < 4.78 is 0. The number of aliphatic carboxylic acids is 2. The molecule has 1 heterocycles. The summed E-state index contributed by atoms with van der Waals surface area (Å²) >= 11 is 12.1. The minimum absolute atomic E-state index is 0.00152. The number of aromatic nitrogens is 1. The molecule has 1 aromatic heterocycles. The van der Waals surface area contributed by atoms with Crippen LogP contribution in [0.5, 0.6) is 0 Å². The fourth-order valence-corrected chi connectivity index (χ4v) is 3.40. The average molecular weight is 390 g/mol. The number of carbonyl (C=O) groups is 3. The van der Waals surface area contributed by atoms with E-state index < -0.39 is 23.6 Å². The molecule has 0 amide bonds. The third kappa shape index (κ3) is 3.05. The molecule has 0 aliphatic rings. The summed E-state index contributed by atoms with van der Waals surface area (Å²) in [4.78, 5) is 38.5. The molecule has 132 valence electrons. The molecule has 26 heavy (non-hydrogen) atoms. The highest BCUT2D eigenvalue weighted by molar-refractivity contribution is 6.39. The van der Waals surface area contributed by atoms with Crippen LogP contribution < -0.4 is 10.2 Å². The number of hydrogen-bond acceptors (Lipinski definition) is 5. The van der Waals surface area contributed by atoms with Gasteiger partial charge in [0.05, 0.1) is 28.6 Å². The van der Waals surface area contributed by atoms with E-state index in [4.69, 9.17) is 23.2 Å². The summed E-state index contributed by atoms with van der Waals surface area (Å²) in [6.07, 6.45) is 0. The molecule has 0 spiro atoms. The zero-order chi connectivity index (χ0) is 19.0. The number of halogens is 2. The van der Waals surface area contributed by atoms with Crippen LogP contribution in [0.15, 0.2) is 42.5 Å². The molecule has 0 atom stereocenters. The highest BCUT2D eigenvalue weighted by Gasteiger charge is 2.28. The number of carbonyl (C=O) groups excluding carboxylic acids is 3. The van der Waals surface area contributed by atoms with E-state index in [1.54, 1.807) is 18.2 Å². The quantitative estimate of drug-likeness (QED) is 0.521. The number of hydrogen-bond donors (Lipinski definition) is 1. The second-order valence-corrected chi connectivity index (χ2v) is 6.33. The summed E-state index contributed by atoms with van der Waals surface area (Å²) in [7, 11) is 0. The number of aromatic amines is 1. The Morgan fingerprint density at radius 2 is 1.58 bits per heavy atom. The second kappa shape index (κ2) is 6.82. The largest absolute Gasteiger partial charge is 0.549 e. The van der Waals surface area contributed by atoms with Gasteiger partial charge in [-0.25, -0.2) is 0 Å². The smallest absolute Gasteiger partial charge is 0.209 e. The van der Waals surface area contributed by atoms with Crippen molar-refractivity contribution in [1.29, 1.82) is 0 Å². The molecule has 0 saturated heterocycles. The van der Waals surface area contributed by atoms with Crippen LogP contribution in [0.2, 0.25) is 10.0 Å². The maximum Gasteiger partial charge on any atom is 0.209 e. The number of nitrogens with one attached hydrogen (secondary N) is 1. The molecule has 2 aromatic carbocycles. The Balaban J connectivity index is 2.37. The van der Waals surface area contributed by atoms with Crippen molar-refractivity contribution in [2.75, 3.05) is 0 Å². The molecule has 1 N–H and O–H groups in total. The van der Waals surface area contributed by atoms with Gasteiger partial charge in [0.2, 0.25) is 5.78 Å². The Morgan fingerprint density at radius 1 is 0.962 bits per heavy atom. The van der Waals surface area contributed by atoms with E-state index >= 15 is 0 Å². The van der Waals surface area contributed by atoms with E-state index in [2.05, 4.69) is 4.98 Å². The minimum atomic E-state index is -2.19. The van der Waals surface area contributed by atoms with E-state index in [1.165, 1.54) is 24.3 Å². The monoisotopic (exact) mass is 389 g/mol. The van der Waals surface area contributed by atoms with Gasteiger partial charge in [-0.1, -0.05) is 53.5 Å². The van der Waals surface area contributed by atoms with Crippen LogP contribution in [-0.4, -0.2) is 22.7 Å². The number of carboxylic acids is 2. The normalized spacial score (nSPS) is 11.0. The van der Waals surface area contributed by atoms with Crippen molar-refractivity contribution < 1.29 is 24.6 Å². The van der Waals surface area contributed by atoms with Gasteiger partial charge in [-0.3, -0.25) is 4.79 Å². The predicted octanol–water partition coefficient (Wildman–Crippen LogP) is 1.29. The lowest BCUT2D eigenvalue weighted by Crippen LogP contribution is -2.42. The highest BCUT2D eigenvalue weighted by atomic mass is 35.5. The lowest BCUT2D eigenvalue weighted by molar-refractivity contribution is -0.326. The van der Waals surface area contributed by atoms with Crippen LogP contribution in [0.4, 0.5) is 0 Å². The van der Waals surface area contributed by atoms with Gasteiger partial charge >= 0.3 is 0 Å². The fraction of sp³-hybridized carbons (Fsp3) is 0.0556. The van der Waals surface area contributed by atoms with Crippen molar-refractivity contribution in [1.82, 2.24) is 4.98 Å². The number of ketones is 1. The van der Waals surface area contributed by atoms with Crippen molar-refractivity contribution in [3.05, 3.63) is 69.3 Å². The topological polar surface area (TPSA) is 113 Å². The van der Waals surface area contributed by atoms with Crippen LogP contribution in [0.25, 0.3) is 10.9 Å². The molecule has 0 saturated carbocycles. The van der Waals surface area contributed by atoms with Crippen LogP contribution in [0, 0.1) is 0 Å². The van der Waals surface area contributed by atoms with Crippen LogP contribution in [-0.2, 0) is 9.59 Å². The Hall–Kier alpha value is -2.83. The zero-order valence-electron chi connectivity index (χ0n) is 12.9. The van der Waals surface area contributed by atoms with Crippen molar-refractivity contribution in [3.63, 3.8) is 0 Å². The van der Waals surface area contributed by atoms with Gasteiger partial charge in [0.1, 0.15) is 0 Å². The standard InChI is InChI=1S/C18H11Cl2NO5/c19-9-6-10(20)12-11(7-9)21-15(13(12)14(17(23)24)18(25)26)16(22)8-4-2-1-3-5-8/h1-7,14,21H,(H,23,24)(H,25,26)/p-2. The lowest BCUT2D eigenvalue weighted by atomic mass is 9.93. The maximum absolute atomic E-state index is 12.8. The Kier molecular flexibility index (Phi) is 4.71. The van der Waals surface area contributed by atoms with Gasteiger partial charge in [-0.05, 0) is 12.1 Å². The van der Waals surface area contributed by atoms with Gasteiger partial charge in [0, 0.05) is 27.1 Å². The van der Waals surface area contributed by atoms with E-state index in [0.29, 0.717) is 0 Å². The van der Waals surface area contributed by atoms with Gasteiger partial charge in [0.25, 0.3) is 0 Å². The Labute approximate surface area is 157 Å². The second-order valence-electron chi connectivity index (χ2n) is 5.49. The molecule has 8 heteroatoms. The van der Waals surface area contributed by atoms with Gasteiger partial charge in [-0.2, -0.15) is 0 Å². The number of carboxylic acid groups (broad SMARTS) is 2. The average Bonchev–Trinajstić information content (AvgIpc) is 2.93. The van der Waals surface area contributed by atoms with Crippen molar-refractivity contribution in [2.24, 2.45) is 0 Å². The predicted molar refractivity (Wildman–Crippen MR) is 90.9 cm³/mol. The van der Waals surface area contributed by atoms with Crippen molar-refractivity contribution in [2.45, 2.75) is 5.92 Å². The first-order chi connectivity index (χ1) is 12.3. The third-order valence-corrected chi connectivity index (χ3v) is 4.39. The molecule has 0 unspecified atom stereocenters. The molecule has 0 bridgehead atoms. The van der Waals surface area contributed by atoms with Gasteiger partial charge < -0.3 is 24.8 Å². The molecule has 6 nitrogen and oxygen atoms in total. The van der Waals surface area contributed by atoms with Gasteiger partial charge in [-0.15, -0.1) is 0 Å². The molecular weight excluding hydrogens is 381 g/mol. The van der Waals surface area contributed by atoms with Crippen LogP contribution >= 0.6 is 23.2 Å². The molecule has 0 aliphatic heterocycles. The SMILES string of the molecule is O=C(c1ccccc1)c1[nH]c2cc(Cl)cc(Cl)c2c1C(C(=O)[O-])C(=O)[O-]. The number of benzene rings is 2. The number of fused-ring (bicyclic) bond motifs is 1. The van der Waals surface area contributed by atoms with Crippen molar-refractivity contribution >= 4 is 51.8 Å². The van der Waals surface area contributed by atoms with E-state index in [0.717, 1.165) is 0 Å². The fourth-order valence-electron chi connectivity index (χ4n) is 2.81. The zero-order valence-corrected chi connectivity index (χ0v) is 14.4. The molecule has 0 fully saturated rings. The summed E-state index contributed by atoms with van der Waals surface area (Å²) in [5.41, 5.74) is -0.0912. The lowest BCUT2D eigenvalue weighted by Gasteiger charge is -2.20. The number of rotatable bonds is 5. The summed E-state index contributed by atoms with van der Waals surface area (Å²) in [5, 5.41) is 23.2. The van der Waals surface area contributed by atoms with Crippen molar-refractivity contribution in [3.8, 4) is 0 Å². The first kappa shape index (κ1) is 18.0. The van der Waals surface area contributed by atoms with E-state index in [-0.39, 0.29) is 37.8 Å². The molecule has 0 radical (unpaired) electrons. The summed E-state index contributed by atoms with van der Waals surface area (Å²) in [6.45, 7) is 0. The third-order valence-electron chi connectivity index (χ3n) is 3.88. The van der Waals surface area contributed by atoms with E-state index in [1.807, 2.05) is 0 Å². The number of H-pyrrole nitrogens is 1. The van der Waals surface area contributed by atoms with Gasteiger partial charge in [0.15, 0.2) is 0 Å². The summed E-state index contributed by atoms with van der Waals surface area (Å²) in [5.74, 6) is -6.63. The minimum Gasteiger partial charge on any atom is -0.549 e. The van der Waals surface area contributed by atoms with E-state index in [9.17, 15) is 24.6 Å². The molecule has 3 aromatic rings. The Morgan fingerprint density at radius 3 is 2.15 bits per heavy atom. The highest BCUT2D eigenvalue weighted by Crippen LogP contribution is 2.37. The van der Waals surface area contributed by atoms with Crippen LogP contribution in [0.3, 0.4) is 0 Å². The Bertz CT molecular complexity index is 1030. The molecule has 3 rings (SSSR count).